The first-order chi connectivity index (χ1) is 8.58. The van der Waals surface area contributed by atoms with Crippen molar-refractivity contribution >= 4 is 20.6 Å². The van der Waals surface area contributed by atoms with Gasteiger partial charge in [-0.15, -0.1) is 0 Å². The van der Waals surface area contributed by atoms with Crippen LogP contribution in [0.4, 0.5) is 0 Å². The minimum Gasteiger partial charge on any atom is -0.543 e. The number of carboxylic acids is 1. The van der Waals surface area contributed by atoms with Crippen molar-refractivity contribution in [3.8, 4) is 5.75 Å². The van der Waals surface area contributed by atoms with Gasteiger partial charge < -0.3 is 9.53 Å². The zero-order valence-corrected chi connectivity index (χ0v) is 13.0. The van der Waals surface area contributed by atoms with E-state index in [0.29, 0.717) is 11.8 Å². The van der Waals surface area contributed by atoms with E-state index >= 15 is 0 Å². The fraction of sp³-hybridized carbons (Fsp3) is 0.429. The van der Waals surface area contributed by atoms with Gasteiger partial charge in [0.05, 0.1) is 0 Å². The zero-order valence-electron chi connectivity index (χ0n) is 12.0. The van der Waals surface area contributed by atoms with Gasteiger partial charge in [-0.25, -0.2) is 4.79 Å². The highest BCUT2D eigenvalue weighted by Crippen LogP contribution is 2.38. The van der Waals surface area contributed by atoms with Gasteiger partial charge >= 0.3 is 5.97 Å². The predicted molar refractivity (Wildman–Crippen MR) is 76.6 cm³/mol. The molecule has 0 heterocycles. The SMILES string of the molecule is CC(C)(C)[Si](C)(C)Oc1cc(C=O)ccc1C(=O)O. The summed E-state index contributed by atoms with van der Waals surface area (Å²) >= 11 is 0. The van der Waals surface area contributed by atoms with Crippen LogP contribution in [0.1, 0.15) is 41.5 Å². The molecule has 0 saturated heterocycles. The molecule has 5 heteroatoms. The van der Waals surface area contributed by atoms with Crippen molar-refractivity contribution in [1.82, 2.24) is 0 Å². The maximum Gasteiger partial charge on any atom is 0.339 e. The van der Waals surface area contributed by atoms with E-state index in [4.69, 9.17) is 4.43 Å². The van der Waals surface area contributed by atoms with Crippen LogP contribution in [0.5, 0.6) is 5.75 Å². The Bertz CT molecular complexity index is 501. The smallest absolute Gasteiger partial charge is 0.339 e. The normalized spacial score (nSPS) is 12.1. The van der Waals surface area contributed by atoms with E-state index in [-0.39, 0.29) is 16.4 Å². The number of carboxylic acid groups (broad SMARTS) is 1. The van der Waals surface area contributed by atoms with Crippen LogP contribution in [-0.2, 0) is 0 Å². The molecule has 0 saturated carbocycles. The molecule has 4 nitrogen and oxygen atoms in total. The maximum atomic E-state index is 11.2. The van der Waals surface area contributed by atoms with E-state index in [9.17, 15) is 14.7 Å². The highest BCUT2D eigenvalue weighted by Gasteiger charge is 2.39. The molecule has 1 aromatic rings. The van der Waals surface area contributed by atoms with E-state index < -0.39 is 14.3 Å². The predicted octanol–water partition coefficient (Wildman–Crippen LogP) is 3.58. The number of rotatable bonds is 4. The van der Waals surface area contributed by atoms with E-state index in [2.05, 4.69) is 20.8 Å². The molecule has 0 amide bonds. The van der Waals surface area contributed by atoms with Crippen LogP contribution in [0.3, 0.4) is 0 Å². The minimum absolute atomic E-state index is 0.0417. The van der Waals surface area contributed by atoms with Gasteiger partial charge in [0.2, 0.25) is 0 Å². The fourth-order valence-corrected chi connectivity index (χ4v) is 2.33. The summed E-state index contributed by atoms with van der Waals surface area (Å²) in [4.78, 5) is 22.0. The molecule has 1 N–H and O–H groups in total. The summed E-state index contributed by atoms with van der Waals surface area (Å²) < 4.78 is 6.00. The quantitative estimate of drug-likeness (QED) is 0.676. The van der Waals surface area contributed by atoms with Gasteiger partial charge in [-0.3, -0.25) is 4.79 Å². The lowest BCUT2D eigenvalue weighted by Crippen LogP contribution is -2.44. The molecule has 0 bridgehead atoms. The summed E-state index contributed by atoms with van der Waals surface area (Å²) in [5.41, 5.74) is 0.508. The molecule has 0 aliphatic carbocycles. The molecule has 0 spiro atoms. The highest BCUT2D eigenvalue weighted by molar-refractivity contribution is 6.74. The van der Waals surface area contributed by atoms with Crippen molar-refractivity contribution in [3.63, 3.8) is 0 Å². The fourth-order valence-electron chi connectivity index (χ4n) is 1.30. The molecule has 0 radical (unpaired) electrons. The number of aromatic carboxylic acids is 1. The van der Waals surface area contributed by atoms with Crippen molar-refractivity contribution in [3.05, 3.63) is 29.3 Å². The molecule has 104 valence electrons. The summed E-state index contributed by atoms with van der Waals surface area (Å²) in [5, 5.41) is 9.13. The van der Waals surface area contributed by atoms with Crippen molar-refractivity contribution < 1.29 is 19.1 Å². The van der Waals surface area contributed by atoms with Crippen molar-refractivity contribution in [2.24, 2.45) is 0 Å². The van der Waals surface area contributed by atoms with Gasteiger partial charge in [-0.05, 0) is 30.3 Å². The van der Waals surface area contributed by atoms with E-state index in [1.807, 2.05) is 13.1 Å². The molecule has 0 aliphatic rings. The molecule has 0 fully saturated rings. The Morgan fingerprint density at radius 3 is 2.32 bits per heavy atom. The third-order valence-electron chi connectivity index (χ3n) is 3.54. The summed E-state index contributed by atoms with van der Waals surface area (Å²) in [5.74, 6) is -0.769. The lowest BCUT2D eigenvalue weighted by molar-refractivity contribution is 0.0694. The Balaban J connectivity index is 3.25. The zero-order chi connectivity index (χ0) is 14.8. The molecule has 0 unspecified atom stereocenters. The Morgan fingerprint density at radius 2 is 1.89 bits per heavy atom. The summed E-state index contributed by atoms with van der Waals surface area (Å²) in [7, 11) is -2.14. The van der Waals surface area contributed by atoms with Crippen LogP contribution in [-0.4, -0.2) is 25.7 Å². The van der Waals surface area contributed by atoms with Crippen molar-refractivity contribution in [1.29, 1.82) is 0 Å². The van der Waals surface area contributed by atoms with Crippen LogP contribution in [0.25, 0.3) is 0 Å². The topological polar surface area (TPSA) is 63.6 Å². The van der Waals surface area contributed by atoms with Crippen LogP contribution in [0.15, 0.2) is 18.2 Å². The maximum absolute atomic E-state index is 11.2. The molecular weight excluding hydrogens is 260 g/mol. The standard InChI is InChI=1S/C14H20O4Si/c1-14(2,3)19(4,5)18-12-8-10(9-15)6-7-11(12)13(16)17/h6-9H,1-5H3,(H,16,17). The van der Waals surface area contributed by atoms with Gasteiger partial charge in [-0.2, -0.15) is 0 Å². The largest absolute Gasteiger partial charge is 0.543 e. The number of carbonyl (C=O) groups excluding carboxylic acids is 1. The molecular formula is C14H20O4Si. The average Bonchev–Trinajstić information content (AvgIpc) is 2.26. The Kier molecular flexibility index (Phi) is 4.20. The first kappa shape index (κ1) is 15.4. The van der Waals surface area contributed by atoms with E-state index in [1.54, 1.807) is 0 Å². The van der Waals surface area contributed by atoms with Crippen LogP contribution < -0.4 is 4.43 Å². The number of carbonyl (C=O) groups is 2. The second-order valence-corrected chi connectivity index (χ2v) is 10.8. The number of hydrogen-bond donors (Lipinski definition) is 1. The summed E-state index contributed by atoms with van der Waals surface area (Å²) in [6.45, 7) is 10.3. The molecule has 0 aliphatic heterocycles. The van der Waals surface area contributed by atoms with Gasteiger partial charge in [0, 0.05) is 5.56 Å². The van der Waals surface area contributed by atoms with E-state index in [0.717, 1.165) is 0 Å². The number of hydrogen-bond acceptors (Lipinski definition) is 3. The first-order valence-corrected chi connectivity index (χ1v) is 9.01. The van der Waals surface area contributed by atoms with Crippen LogP contribution >= 0.6 is 0 Å². The monoisotopic (exact) mass is 280 g/mol. The van der Waals surface area contributed by atoms with Crippen molar-refractivity contribution in [2.45, 2.75) is 38.9 Å². The van der Waals surface area contributed by atoms with Gasteiger partial charge in [0.25, 0.3) is 8.32 Å². The molecule has 1 aromatic carbocycles. The lowest BCUT2D eigenvalue weighted by Gasteiger charge is -2.36. The van der Waals surface area contributed by atoms with Crippen molar-refractivity contribution in [2.75, 3.05) is 0 Å². The van der Waals surface area contributed by atoms with Gasteiger partial charge in [0.1, 0.15) is 17.6 Å². The highest BCUT2D eigenvalue weighted by atomic mass is 28.4. The molecule has 19 heavy (non-hydrogen) atoms. The first-order valence-electron chi connectivity index (χ1n) is 6.10. The van der Waals surface area contributed by atoms with Crippen LogP contribution in [0.2, 0.25) is 18.1 Å². The minimum atomic E-state index is -2.14. The Labute approximate surface area is 114 Å². The second-order valence-electron chi connectivity index (χ2n) is 6.04. The molecule has 0 aromatic heterocycles. The lowest BCUT2D eigenvalue weighted by atomic mass is 10.1. The van der Waals surface area contributed by atoms with Crippen LogP contribution in [0, 0.1) is 0 Å². The summed E-state index contributed by atoms with van der Waals surface area (Å²) in [6.07, 6.45) is 0.685. The van der Waals surface area contributed by atoms with Gasteiger partial charge in [-0.1, -0.05) is 26.8 Å². The number of aldehydes is 1. The average molecular weight is 280 g/mol. The second kappa shape index (κ2) is 5.17. The third-order valence-corrected chi connectivity index (χ3v) is 7.89. The molecule has 1 rings (SSSR count). The summed E-state index contributed by atoms with van der Waals surface area (Å²) in [6, 6.07) is 4.39. The Morgan fingerprint density at radius 1 is 1.32 bits per heavy atom. The Hall–Kier alpha value is -1.62. The van der Waals surface area contributed by atoms with E-state index in [1.165, 1.54) is 18.2 Å². The molecule has 0 atom stereocenters. The number of benzene rings is 1. The third kappa shape index (κ3) is 3.44. The van der Waals surface area contributed by atoms with Gasteiger partial charge in [0.15, 0.2) is 0 Å².